The van der Waals surface area contributed by atoms with Gasteiger partial charge in [0.25, 0.3) is 0 Å². The summed E-state index contributed by atoms with van der Waals surface area (Å²) < 4.78 is 5.85. The van der Waals surface area contributed by atoms with Crippen molar-refractivity contribution in [2.45, 2.75) is 38.4 Å². The number of ether oxygens (including phenoxy) is 1. The van der Waals surface area contributed by atoms with Gasteiger partial charge in [-0.3, -0.25) is 9.78 Å². The van der Waals surface area contributed by atoms with E-state index in [1.54, 1.807) is 29.8 Å². The van der Waals surface area contributed by atoms with E-state index in [1.165, 1.54) is 4.88 Å². The number of thiophene rings is 1. The maximum atomic E-state index is 12.5. The van der Waals surface area contributed by atoms with E-state index in [0.717, 1.165) is 4.88 Å². The lowest BCUT2D eigenvalue weighted by Gasteiger charge is -2.21. The zero-order chi connectivity index (χ0) is 16.9. The minimum atomic E-state index is -0.577. The third-order valence-corrected chi connectivity index (χ3v) is 5.20. The van der Waals surface area contributed by atoms with Gasteiger partial charge in [0.15, 0.2) is 0 Å². The fraction of sp³-hybridized carbons (Fsp3) is 0.444. The summed E-state index contributed by atoms with van der Waals surface area (Å²) in [6, 6.07) is 7.68. The first-order valence-electron chi connectivity index (χ1n) is 8.19. The van der Waals surface area contributed by atoms with E-state index < -0.39 is 6.10 Å². The highest BCUT2D eigenvalue weighted by Gasteiger charge is 2.28. The van der Waals surface area contributed by atoms with E-state index in [1.807, 2.05) is 30.0 Å². The van der Waals surface area contributed by atoms with Crippen LogP contribution in [0.5, 0.6) is 5.75 Å². The van der Waals surface area contributed by atoms with Gasteiger partial charge >= 0.3 is 0 Å². The molecule has 3 heterocycles. The molecule has 0 saturated carbocycles. The Morgan fingerprint density at radius 1 is 1.38 bits per heavy atom. The normalized spacial score (nSPS) is 21.3. The molecule has 1 aliphatic rings. The SMILES string of the molecule is Cc1ccc(CC(=O)N2CC[C@H](Oc3cccnc3)[C@@H](O)CC2)s1. The lowest BCUT2D eigenvalue weighted by Crippen LogP contribution is -2.33. The molecule has 0 spiro atoms. The number of aromatic nitrogens is 1. The van der Waals surface area contributed by atoms with Crippen LogP contribution in [-0.4, -0.2) is 46.2 Å². The van der Waals surface area contributed by atoms with Gasteiger partial charge in [0, 0.05) is 35.5 Å². The van der Waals surface area contributed by atoms with Crippen LogP contribution in [0.2, 0.25) is 0 Å². The molecule has 1 fully saturated rings. The molecule has 6 heteroatoms. The Bertz CT molecular complexity index is 674. The average molecular weight is 346 g/mol. The molecule has 0 bridgehead atoms. The monoisotopic (exact) mass is 346 g/mol. The number of likely N-dealkylation sites (tertiary alicyclic amines) is 1. The molecule has 3 rings (SSSR count). The second kappa shape index (κ2) is 7.77. The van der Waals surface area contributed by atoms with Gasteiger partial charge in [-0.2, -0.15) is 0 Å². The molecule has 1 amide bonds. The van der Waals surface area contributed by atoms with Crippen LogP contribution >= 0.6 is 11.3 Å². The molecule has 5 nitrogen and oxygen atoms in total. The standard InChI is InChI=1S/C18H22N2O3S/c1-13-4-5-15(24-13)11-18(22)20-9-6-16(21)17(7-10-20)23-14-3-2-8-19-12-14/h2-5,8,12,16-17,21H,6-7,9-11H2,1H3/t16-,17-/m0/s1. The molecule has 1 N–H and O–H groups in total. The number of nitrogens with zero attached hydrogens (tertiary/aromatic N) is 2. The third kappa shape index (κ3) is 4.33. The first-order chi connectivity index (χ1) is 11.6. The van der Waals surface area contributed by atoms with E-state index in [4.69, 9.17) is 4.74 Å². The highest BCUT2D eigenvalue weighted by molar-refractivity contribution is 7.12. The van der Waals surface area contributed by atoms with Crippen molar-refractivity contribution in [1.29, 1.82) is 0 Å². The van der Waals surface area contributed by atoms with Crippen LogP contribution in [0.3, 0.4) is 0 Å². The predicted octanol–water partition coefficient (Wildman–Crippen LogP) is 2.42. The highest BCUT2D eigenvalue weighted by atomic mass is 32.1. The quantitative estimate of drug-likeness (QED) is 0.923. The Morgan fingerprint density at radius 2 is 2.21 bits per heavy atom. The average Bonchev–Trinajstić information content (AvgIpc) is 2.89. The summed E-state index contributed by atoms with van der Waals surface area (Å²) in [6.07, 6.45) is 4.01. The smallest absolute Gasteiger partial charge is 0.227 e. The first kappa shape index (κ1) is 16.9. The molecular weight excluding hydrogens is 324 g/mol. The number of amides is 1. The van der Waals surface area contributed by atoms with Crippen LogP contribution in [0, 0.1) is 6.92 Å². The van der Waals surface area contributed by atoms with Gasteiger partial charge in [-0.1, -0.05) is 0 Å². The molecule has 0 radical (unpaired) electrons. The molecule has 128 valence electrons. The van der Waals surface area contributed by atoms with Gasteiger partial charge < -0.3 is 14.7 Å². The van der Waals surface area contributed by atoms with Crippen LogP contribution < -0.4 is 4.74 Å². The summed E-state index contributed by atoms with van der Waals surface area (Å²) in [7, 11) is 0. The Balaban J connectivity index is 1.58. The largest absolute Gasteiger partial charge is 0.486 e. The van der Waals surface area contributed by atoms with Crippen molar-refractivity contribution < 1.29 is 14.6 Å². The molecule has 2 aromatic heterocycles. The number of rotatable bonds is 4. The molecule has 24 heavy (non-hydrogen) atoms. The molecule has 0 aliphatic carbocycles. The van der Waals surface area contributed by atoms with Crippen molar-refractivity contribution in [2.24, 2.45) is 0 Å². The minimum absolute atomic E-state index is 0.117. The van der Waals surface area contributed by atoms with E-state index in [9.17, 15) is 9.90 Å². The van der Waals surface area contributed by atoms with Gasteiger partial charge in [-0.05, 0) is 37.6 Å². The summed E-state index contributed by atoms with van der Waals surface area (Å²) in [4.78, 5) is 20.7. The molecule has 2 aromatic rings. The van der Waals surface area contributed by atoms with Gasteiger partial charge in [0.1, 0.15) is 11.9 Å². The highest BCUT2D eigenvalue weighted by Crippen LogP contribution is 2.21. The zero-order valence-electron chi connectivity index (χ0n) is 13.7. The number of aliphatic hydroxyl groups is 1. The van der Waals surface area contributed by atoms with Crippen LogP contribution in [0.1, 0.15) is 22.6 Å². The second-order valence-corrected chi connectivity index (χ2v) is 7.43. The van der Waals surface area contributed by atoms with Crippen molar-refractivity contribution in [2.75, 3.05) is 13.1 Å². The summed E-state index contributed by atoms with van der Waals surface area (Å²) >= 11 is 1.66. The zero-order valence-corrected chi connectivity index (χ0v) is 14.5. The predicted molar refractivity (Wildman–Crippen MR) is 93.2 cm³/mol. The van der Waals surface area contributed by atoms with E-state index in [-0.39, 0.29) is 12.0 Å². The summed E-state index contributed by atoms with van der Waals surface area (Å²) in [5, 5.41) is 10.3. The van der Waals surface area contributed by atoms with Crippen LogP contribution in [0.4, 0.5) is 0 Å². The molecule has 1 aliphatic heterocycles. The fourth-order valence-electron chi connectivity index (χ4n) is 2.88. The van der Waals surface area contributed by atoms with Gasteiger partial charge in [0.2, 0.25) is 5.91 Å². The number of hydrogen-bond acceptors (Lipinski definition) is 5. The maximum absolute atomic E-state index is 12.5. The maximum Gasteiger partial charge on any atom is 0.227 e. The van der Waals surface area contributed by atoms with E-state index >= 15 is 0 Å². The van der Waals surface area contributed by atoms with Crippen LogP contribution in [0.15, 0.2) is 36.7 Å². The van der Waals surface area contributed by atoms with Crippen molar-refractivity contribution in [3.05, 3.63) is 46.4 Å². The number of carbonyl (C=O) groups excluding carboxylic acids is 1. The van der Waals surface area contributed by atoms with Crippen molar-refractivity contribution in [3.8, 4) is 5.75 Å². The van der Waals surface area contributed by atoms with Crippen molar-refractivity contribution in [1.82, 2.24) is 9.88 Å². The van der Waals surface area contributed by atoms with Crippen molar-refractivity contribution in [3.63, 3.8) is 0 Å². The lowest BCUT2D eigenvalue weighted by atomic mass is 10.1. The Kier molecular flexibility index (Phi) is 5.48. The number of hydrogen-bond donors (Lipinski definition) is 1. The molecule has 0 unspecified atom stereocenters. The van der Waals surface area contributed by atoms with E-state index in [2.05, 4.69) is 4.98 Å². The Morgan fingerprint density at radius 3 is 2.92 bits per heavy atom. The fourth-order valence-corrected chi connectivity index (χ4v) is 3.76. The van der Waals surface area contributed by atoms with Gasteiger partial charge in [0.05, 0.1) is 18.7 Å². The van der Waals surface area contributed by atoms with Gasteiger partial charge in [-0.15, -0.1) is 11.3 Å². The number of pyridine rings is 1. The lowest BCUT2D eigenvalue weighted by molar-refractivity contribution is -0.130. The number of aryl methyl sites for hydroxylation is 1. The molecule has 0 aromatic carbocycles. The topological polar surface area (TPSA) is 62.7 Å². The molecular formula is C18H22N2O3S. The Hall–Kier alpha value is -1.92. The van der Waals surface area contributed by atoms with Crippen molar-refractivity contribution >= 4 is 17.2 Å². The minimum Gasteiger partial charge on any atom is -0.486 e. The first-order valence-corrected chi connectivity index (χ1v) is 9.01. The summed E-state index contributed by atoms with van der Waals surface area (Å²) in [6.45, 7) is 3.21. The van der Waals surface area contributed by atoms with Gasteiger partial charge in [-0.25, -0.2) is 0 Å². The van der Waals surface area contributed by atoms with E-state index in [0.29, 0.717) is 38.1 Å². The number of carbonyl (C=O) groups is 1. The second-order valence-electron chi connectivity index (χ2n) is 6.06. The summed E-state index contributed by atoms with van der Waals surface area (Å²) in [5.41, 5.74) is 0. The molecule has 2 atom stereocenters. The molecule has 1 saturated heterocycles. The number of aliphatic hydroxyl groups excluding tert-OH is 1. The third-order valence-electron chi connectivity index (χ3n) is 4.20. The summed E-state index contributed by atoms with van der Waals surface area (Å²) in [5.74, 6) is 0.765. The Labute approximate surface area is 145 Å². The van der Waals surface area contributed by atoms with Crippen LogP contribution in [-0.2, 0) is 11.2 Å². The van der Waals surface area contributed by atoms with Crippen LogP contribution in [0.25, 0.3) is 0 Å².